The highest BCUT2D eigenvalue weighted by atomic mass is 79.9. The third-order valence-corrected chi connectivity index (χ3v) is 3.56. The van der Waals surface area contributed by atoms with E-state index >= 15 is 0 Å². The highest BCUT2D eigenvalue weighted by Crippen LogP contribution is 2.26. The number of amides is 1. The van der Waals surface area contributed by atoms with Crippen molar-refractivity contribution in [1.82, 2.24) is 4.98 Å². The summed E-state index contributed by atoms with van der Waals surface area (Å²) in [6, 6.07) is 4.87. The van der Waals surface area contributed by atoms with Gasteiger partial charge in [0.1, 0.15) is 5.75 Å². The fraction of sp³-hybridized carbons (Fsp3) is 0.0909. The van der Waals surface area contributed by atoms with Crippen molar-refractivity contribution in [2.24, 2.45) is 0 Å². The molecule has 94 valence electrons. The van der Waals surface area contributed by atoms with Gasteiger partial charge in [-0.25, -0.2) is 4.98 Å². The number of methoxy groups -OCH3 is 1. The minimum absolute atomic E-state index is 0.284. The van der Waals surface area contributed by atoms with E-state index in [9.17, 15) is 4.79 Å². The van der Waals surface area contributed by atoms with Crippen LogP contribution < -0.4 is 15.8 Å². The number of rotatable bonds is 3. The second kappa shape index (κ2) is 5.36. The van der Waals surface area contributed by atoms with Gasteiger partial charge in [0.15, 0.2) is 5.13 Å². The van der Waals surface area contributed by atoms with Crippen LogP contribution in [0.5, 0.6) is 5.75 Å². The summed E-state index contributed by atoms with van der Waals surface area (Å²) in [6.07, 6.45) is 1.63. The van der Waals surface area contributed by atoms with Crippen LogP contribution in [0.25, 0.3) is 0 Å². The highest BCUT2D eigenvalue weighted by Gasteiger charge is 2.14. The summed E-state index contributed by atoms with van der Waals surface area (Å²) in [7, 11) is 1.49. The van der Waals surface area contributed by atoms with Gasteiger partial charge in [-0.2, -0.15) is 0 Å². The highest BCUT2D eigenvalue weighted by molar-refractivity contribution is 9.11. The van der Waals surface area contributed by atoms with Crippen molar-refractivity contribution in [2.45, 2.75) is 0 Å². The van der Waals surface area contributed by atoms with E-state index in [0.717, 1.165) is 3.79 Å². The standard InChI is InChI=1S/C11H10BrN3O2S/c1-17-8-4-6(13)2-3-7(8)10(16)15-11-14-5-9(12)18-11/h2-5H,13H2,1H3,(H,14,15,16). The molecule has 0 radical (unpaired) electrons. The first-order valence-electron chi connectivity index (χ1n) is 4.96. The second-order valence-electron chi connectivity index (χ2n) is 3.38. The van der Waals surface area contributed by atoms with E-state index in [1.807, 2.05) is 0 Å². The number of ether oxygens (including phenoxy) is 1. The number of nitrogens with two attached hydrogens (primary N) is 1. The summed E-state index contributed by atoms with van der Waals surface area (Å²) in [5, 5.41) is 3.21. The summed E-state index contributed by atoms with van der Waals surface area (Å²) in [5.74, 6) is 0.150. The Kier molecular flexibility index (Phi) is 3.83. The van der Waals surface area contributed by atoms with Gasteiger partial charge >= 0.3 is 0 Å². The van der Waals surface area contributed by atoms with Crippen molar-refractivity contribution in [2.75, 3.05) is 18.2 Å². The summed E-state index contributed by atoms with van der Waals surface area (Å²) in [6.45, 7) is 0. The summed E-state index contributed by atoms with van der Waals surface area (Å²) < 4.78 is 5.97. The van der Waals surface area contributed by atoms with Gasteiger partial charge < -0.3 is 10.5 Å². The third kappa shape index (κ3) is 2.80. The van der Waals surface area contributed by atoms with Crippen molar-refractivity contribution < 1.29 is 9.53 Å². The minimum Gasteiger partial charge on any atom is -0.496 e. The molecule has 3 N–H and O–H groups in total. The van der Waals surface area contributed by atoms with Gasteiger partial charge in [0.25, 0.3) is 5.91 Å². The second-order valence-corrected chi connectivity index (χ2v) is 5.79. The summed E-state index contributed by atoms with van der Waals surface area (Å²) >= 11 is 4.61. The molecule has 0 spiro atoms. The van der Waals surface area contributed by atoms with Crippen LogP contribution in [0.4, 0.5) is 10.8 Å². The number of carbonyl (C=O) groups is 1. The number of nitrogen functional groups attached to an aromatic ring is 1. The maximum absolute atomic E-state index is 12.0. The van der Waals surface area contributed by atoms with Gasteiger partial charge in [-0.3, -0.25) is 10.1 Å². The van der Waals surface area contributed by atoms with Crippen LogP contribution in [0.2, 0.25) is 0 Å². The van der Waals surface area contributed by atoms with Crippen molar-refractivity contribution >= 4 is 44.0 Å². The van der Waals surface area contributed by atoms with Crippen LogP contribution in [0, 0.1) is 0 Å². The molecule has 2 rings (SSSR count). The Morgan fingerprint density at radius 3 is 2.94 bits per heavy atom. The number of thiazole rings is 1. The maximum Gasteiger partial charge on any atom is 0.261 e. The molecular weight excluding hydrogens is 318 g/mol. The van der Waals surface area contributed by atoms with Crippen LogP contribution in [0.15, 0.2) is 28.2 Å². The van der Waals surface area contributed by atoms with Crippen LogP contribution in [-0.4, -0.2) is 18.0 Å². The lowest BCUT2D eigenvalue weighted by molar-refractivity contribution is 0.102. The smallest absolute Gasteiger partial charge is 0.261 e. The Hall–Kier alpha value is -1.60. The Balaban J connectivity index is 2.23. The molecule has 0 atom stereocenters. The van der Waals surface area contributed by atoms with E-state index in [-0.39, 0.29) is 5.91 Å². The number of aromatic nitrogens is 1. The Labute approximate surface area is 116 Å². The maximum atomic E-state index is 12.0. The molecule has 0 unspecified atom stereocenters. The van der Waals surface area contributed by atoms with Crippen molar-refractivity contribution in [1.29, 1.82) is 0 Å². The van der Waals surface area contributed by atoms with E-state index in [2.05, 4.69) is 26.2 Å². The van der Waals surface area contributed by atoms with Gasteiger partial charge in [-0.1, -0.05) is 11.3 Å². The molecule has 1 aromatic heterocycles. The fourth-order valence-corrected chi connectivity index (χ4v) is 2.47. The topological polar surface area (TPSA) is 77.2 Å². The van der Waals surface area contributed by atoms with Crippen LogP contribution in [0.1, 0.15) is 10.4 Å². The van der Waals surface area contributed by atoms with Crippen LogP contribution in [0.3, 0.4) is 0 Å². The molecule has 1 aromatic carbocycles. The average Bonchev–Trinajstić information content (AvgIpc) is 2.74. The molecule has 0 fully saturated rings. The lowest BCUT2D eigenvalue weighted by atomic mass is 10.1. The number of anilines is 2. The Morgan fingerprint density at radius 2 is 2.33 bits per heavy atom. The number of nitrogens with zero attached hydrogens (tertiary/aromatic N) is 1. The fourth-order valence-electron chi connectivity index (χ4n) is 1.37. The van der Waals surface area contributed by atoms with Crippen LogP contribution in [-0.2, 0) is 0 Å². The lowest BCUT2D eigenvalue weighted by Gasteiger charge is -2.08. The predicted octanol–water partition coefficient (Wildman–Crippen LogP) is 2.75. The average molecular weight is 328 g/mol. The van der Waals surface area contributed by atoms with E-state index < -0.39 is 0 Å². The quantitative estimate of drug-likeness (QED) is 0.850. The Bertz CT molecular complexity index is 585. The van der Waals surface area contributed by atoms with E-state index in [4.69, 9.17) is 10.5 Å². The van der Waals surface area contributed by atoms with Gasteiger partial charge in [0.2, 0.25) is 0 Å². The monoisotopic (exact) mass is 327 g/mol. The van der Waals surface area contributed by atoms with E-state index in [1.165, 1.54) is 18.4 Å². The molecule has 0 saturated heterocycles. The summed E-state index contributed by atoms with van der Waals surface area (Å²) in [4.78, 5) is 16.1. The van der Waals surface area contributed by atoms with Gasteiger partial charge in [0, 0.05) is 11.8 Å². The molecule has 18 heavy (non-hydrogen) atoms. The number of hydrogen-bond acceptors (Lipinski definition) is 5. The van der Waals surface area contributed by atoms with Crippen molar-refractivity contribution in [3.8, 4) is 5.75 Å². The normalized spacial score (nSPS) is 10.1. The summed E-state index contributed by atoms with van der Waals surface area (Å²) in [5.41, 5.74) is 6.59. The Morgan fingerprint density at radius 1 is 1.56 bits per heavy atom. The lowest BCUT2D eigenvalue weighted by Crippen LogP contribution is -2.13. The van der Waals surface area contributed by atoms with Crippen molar-refractivity contribution in [3.63, 3.8) is 0 Å². The van der Waals surface area contributed by atoms with Gasteiger partial charge in [-0.05, 0) is 28.1 Å². The molecule has 1 amide bonds. The van der Waals surface area contributed by atoms with Gasteiger partial charge in [0.05, 0.1) is 22.7 Å². The molecule has 5 nitrogen and oxygen atoms in total. The first-order valence-corrected chi connectivity index (χ1v) is 6.57. The molecule has 0 aliphatic heterocycles. The zero-order chi connectivity index (χ0) is 13.1. The van der Waals surface area contributed by atoms with Crippen LogP contribution >= 0.6 is 27.3 Å². The molecule has 7 heteroatoms. The molecule has 0 aliphatic rings. The molecular formula is C11H10BrN3O2S. The van der Waals surface area contributed by atoms with E-state index in [0.29, 0.717) is 22.1 Å². The molecule has 1 heterocycles. The molecule has 0 aliphatic carbocycles. The zero-order valence-electron chi connectivity index (χ0n) is 9.44. The first-order chi connectivity index (χ1) is 8.60. The number of benzene rings is 1. The van der Waals surface area contributed by atoms with Crippen molar-refractivity contribution in [3.05, 3.63) is 33.7 Å². The molecule has 0 bridgehead atoms. The SMILES string of the molecule is COc1cc(N)ccc1C(=O)Nc1ncc(Br)s1. The largest absolute Gasteiger partial charge is 0.496 e. The number of halogens is 1. The first kappa shape index (κ1) is 12.8. The molecule has 2 aromatic rings. The predicted molar refractivity (Wildman–Crippen MR) is 75.2 cm³/mol. The third-order valence-electron chi connectivity index (χ3n) is 2.17. The number of carbonyl (C=O) groups excluding carboxylic acids is 1. The van der Waals surface area contributed by atoms with E-state index in [1.54, 1.807) is 24.4 Å². The van der Waals surface area contributed by atoms with Gasteiger partial charge in [-0.15, -0.1) is 0 Å². The zero-order valence-corrected chi connectivity index (χ0v) is 11.8. The number of nitrogens with one attached hydrogen (secondary N) is 1. The number of hydrogen-bond donors (Lipinski definition) is 2. The minimum atomic E-state index is -0.284. The molecule has 0 saturated carbocycles.